The first kappa shape index (κ1) is 19.7. The summed E-state index contributed by atoms with van der Waals surface area (Å²) in [5, 5.41) is 56.2. The second kappa shape index (κ2) is 10.4. The van der Waals surface area contributed by atoms with Gasteiger partial charge in [0, 0.05) is 0 Å². The number of hydrogen-bond acceptors (Lipinski definition) is 6. The number of unbranched alkanes of at least 4 members (excludes halogenated alkanes) is 1. The molecule has 0 bridgehead atoms. The van der Waals surface area contributed by atoms with E-state index >= 15 is 0 Å². The van der Waals surface area contributed by atoms with Gasteiger partial charge in [-0.25, -0.2) is 0 Å². The first-order valence-electron chi connectivity index (χ1n) is 7.14. The highest BCUT2D eigenvalue weighted by molar-refractivity contribution is 4.63. The van der Waals surface area contributed by atoms with Gasteiger partial charge < -0.3 is 35.1 Å². The Labute approximate surface area is 120 Å². The SMILES string of the molecule is CCCC[N+](CC(O)CO)(CC(O)CO)CC(O)CO. The Balaban J connectivity index is 5.03. The van der Waals surface area contributed by atoms with Gasteiger partial charge in [0.2, 0.25) is 0 Å². The van der Waals surface area contributed by atoms with E-state index < -0.39 is 38.1 Å². The maximum absolute atomic E-state index is 9.71. The Morgan fingerprint density at radius 3 is 1.35 bits per heavy atom. The molecule has 3 atom stereocenters. The predicted molar refractivity (Wildman–Crippen MR) is 73.9 cm³/mol. The van der Waals surface area contributed by atoms with Crippen molar-refractivity contribution < 1.29 is 35.1 Å². The monoisotopic (exact) mass is 296 g/mol. The third kappa shape index (κ3) is 7.49. The van der Waals surface area contributed by atoms with Crippen LogP contribution in [0.1, 0.15) is 19.8 Å². The van der Waals surface area contributed by atoms with Crippen molar-refractivity contribution in [3.8, 4) is 0 Å². The molecule has 6 N–H and O–H groups in total. The summed E-state index contributed by atoms with van der Waals surface area (Å²) in [5.74, 6) is 0. The molecule has 0 aliphatic carbocycles. The van der Waals surface area contributed by atoms with Crippen LogP contribution >= 0.6 is 0 Å². The fourth-order valence-corrected chi connectivity index (χ4v) is 2.51. The molecule has 0 aromatic rings. The van der Waals surface area contributed by atoms with E-state index in [1.165, 1.54) is 0 Å². The van der Waals surface area contributed by atoms with E-state index in [0.717, 1.165) is 12.8 Å². The van der Waals surface area contributed by atoms with Gasteiger partial charge >= 0.3 is 0 Å². The summed E-state index contributed by atoms with van der Waals surface area (Å²) in [7, 11) is 0. The van der Waals surface area contributed by atoms with Crippen LogP contribution in [-0.2, 0) is 0 Å². The van der Waals surface area contributed by atoms with Crippen molar-refractivity contribution in [2.24, 2.45) is 0 Å². The molecule has 0 saturated heterocycles. The molecule has 0 rings (SSSR count). The third-order valence-corrected chi connectivity index (χ3v) is 3.41. The molecule has 0 fully saturated rings. The van der Waals surface area contributed by atoms with E-state index in [-0.39, 0.29) is 24.1 Å². The smallest absolute Gasteiger partial charge is 0.126 e. The maximum Gasteiger partial charge on any atom is 0.126 e. The van der Waals surface area contributed by atoms with Crippen molar-refractivity contribution in [1.29, 1.82) is 0 Å². The summed E-state index contributed by atoms with van der Waals surface area (Å²) < 4.78 is 0.152. The molecule has 0 radical (unpaired) electrons. The molecule has 3 unspecified atom stereocenters. The number of aliphatic hydroxyl groups excluding tert-OH is 6. The highest BCUT2D eigenvalue weighted by Crippen LogP contribution is 2.15. The third-order valence-electron chi connectivity index (χ3n) is 3.41. The van der Waals surface area contributed by atoms with Crippen LogP contribution in [0.3, 0.4) is 0 Å². The van der Waals surface area contributed by atoms with Crippen LogP contribution in [0.2, 0.25) is 0 Å². The van der Waals surface area contributed by atoms with Gasteiger partial charge in [0.1, 0.15) is 37.9 Å². The number of hydrogen-bond donors (Lipinski definition) is 6. The van der Waals surface area contributed by atoms with Gasteiger partial charge in [-0.05, 0) is 6.42 Å². The molecule has 20 heavy (non-hydrogen) atoms. The van der Waals surface area contributed by atoms with Crippen LogP contribution < -0.4 is 0 Å². The number of nitrogens with zero attached hydrogens (tertiary/aromatic N) is 1. The summed E-state index contributed by atoms with van der Waals surface area (Å²) in [6.45, 7) is 1.84. The van der Waals surface area contributed by atoms with E-state index in [9.17, 15) is 15.3 Å². The van der Waals surface area contributed by atoms with Gasteiger partial charge in [0.05, 0.1) is 26.4 Å². The van der Waals surface area contributed by atoms with E-state index in [4.69, 9.17) is 15.3 Å². The fourth-order valence-electron chi connectivity index (χ4n) is 2.51. The largest absolute Gasteiger partial charge is 0.393 e. The van der Waals surface area contributed by atoms with Crippen molar-refractivity contribution in [3.63, 3.8) is 0 Å². The van der Waals surface area contributed by atoms with Crippen LogP contribution in [0.4, 0.5) is 0 Å². The highest BCUT2D eigenvalue weighted by atomic mass is 16.3. The molecule has 0 aliphatic heterocycles. The minimum atomic E-state index is -0.969. The molecule has 0 aromatic carbocycles. The lowest BCUT2D eigenvalue weighted by atomic mass is 10.1. The predicted octanol–water partition coefficient (Wildman–Crippen LogP) is -2.34. The Morgan fingerprint density at radius 1 is 0.750 bits per heavy atom. The zero-order valence-electron chi connectivity index (χ0n) is 12.2. The van der Waals surface area contributed by atoms with Crippen molar-refractivity contribution in [1.82, 2.24) is 0 Å². The molecule has 122 valence electrons. The van der Waals surface area contributed by atoms with Gasteiger partial charge in [0.25, 0.3) is 0 Å². The van der Waals surface area contributed by atoms with Crippen LogP contribution in [0.15, 0.2) is 0 Å². The van der Waals surface area contributed by atoms with Gasteiger partial charge in [-0.1, -0.05) is 13.3 Å². The number of rotatable bonds is 12. The average Bonchev–Trinajstić information content (AvgIpc) is 2.44. The number of aliphatic hydroxyl groups is 6. The lowest BCUT2D eigenvalue weighted by molar-refractivity contribution is -0.936. The van der Waals surface area contributed by atoms with E-state index in [2.05, 4.69) is 0 Å². The molecule has 0 heterocycles. The first-order valence-corrected chi connectivity index (χ1v) is 7.14. The molecular weight excluding hydrogens is 266 g/mol. The molecule has 0 aliphatic rings. The second-order valence-corrected chi connectivity index (χ2v) is 5.48. The van der Waals surface area contributed by atoms with Crippen molar-refractivity contribution in [2.75, 3.05) is 46.0 Å². The Bertz CT molecular complexity index is 210. The zero-order valence-corrected chi connectivity index (χ0v) is 12.2. The fraction of sp³-hybridized carbons (Fsp3) is 1.00. The van der Waals surface area contributed by atoms with Crippen molar-refractivity contribution in [2.45, 2.75) is 38.1 Å². The summed E-state index contributed by atoms with van der Waals surface area (Å²) in [6, 6.07) is 0. The summed E-state index contributed by atoms with van der Waals surface area (Å²) in [5.41, 5.74) is 0. The van der Waals surface area contributed by atoms with Crippen LogP contribution in [0.25, 0.3) is 0 Å². The van der Waals surface area contributed by atoms with Gasteiger partial charge in [-0.2, -0.15) is 0 Å². The van der Waals surface area contributed by atoms with Gasteiger partial charge in [-0.15, -0.1) is 0 Å². The average molecular weight is 296 g/mol. The van der Waals surface area contributed by atoms with Gasteiger partial charge in [-0.3, -0.25) is 0 Å². The molecule has 0 amide bonds. The Morgan fingerprint density at radius 2 is 1.10 bits per heavy atom. The highest BCUT2D eigenvalue weighted by Gasteiger charge is 2.34. The van der Waals surface area contributed by atoms with E-state index in [1.54, 1.807) is 0 Å². The molecular formula is C13H30NO6+. The lowest BCUT2D eigenvalue weighted by Gasteiger charge is -2.42. The molecule has 0 spiro atoms. The summed E-state index contributed by atoms with van der Waals surface area (Å²) in [6.07, 6.45) is -1.19. The molecule has 7 nitrogen and oxygen atoms in total. The van der Waals surface area contributed by atoms with E-state index in [0.29, 0.717) is 6.54 Å². The van der Waals surface area contributed by atoms with Crippen molar-refractivity contribution in [3.05, 3.63) is 0 Å². The normalized spacial score (nSPS) is 19.4. The van der Waals surface area contributed by atoms with E-state index in [1.807, 2.05) is 6.92 Å². The topological polar surface area (TPSA) is 121 Å². The quantitative estimate of drug-likeness (QED) is 0.225. The minimum Gasteiger partial charge on any atom is -0.393 e. The molecule has 7 heteroatoms. The number of quaternary nitrogens is 1. The summed E-state index contributed by atoms with van der Waals surface area (Å²) in [4.78, 5) is 0. The van der Waals surface area contributed by atoms with Gasteiger partial charge in [0.15, 0.2) is 0 Å². The second-order valence-electron chi connectivity index (χ2n) is 5.48. The zero-order chi connectivity index (χ0) is 15.6. The van der Waals surface area contributed by atoms with Crippen LogP contribution in [0, 0.1) is 0 Å². The first-order chi connectivity index (χ1) is 9.42. The molecule has 0 aromatic heterocycles. The van der Waals surface area contributed by atoms with Crippen LogP contribution in [-0.4, -0.2) is 99.4 Å². The van der Waals surface area contributed by atoms with Crippen LogP contribution in [0.5, 0.6) is 0 Å². The summed E-state index contributed by atoms with van der Waals surface area (Å²) >= 11 is 0. The standard InChI is InChI=1S/C13H30NO6/c1-2-3-4-14(5-11(18)8-15,6-12(19)9-16)7-13(20)10-17/h11-13,15-20H,2-10H2,1H3/q+1. The van der Waals surface area contributed by atoms with Crippen molar-refractivity contribution >= 4 is 0 Å². The molecule has 0 saturated carbocycles. The maximum atomic E-state index is 9.71. The Kier molecular flexibility index (Phi) is 10.3. The Hall–Kier alpha value is -0.280. The lowest BCUT2D eigenvalue weighted by Crippen LogP contribution is -2.60. The minimum absolute atomic E-state index is 0.152.